The lowest BCUT2D eigenvalue weighted by atomic mass is 10.1. The number of likely N-dealkylation sites (N-methyl/N-ethyl adjacent to an activating group) is 1. The second kappa shape index (κ2) is 9.18. The Hall–Kier alpha value is -3.42. The maximum atomic E-state index is 12.6. The fourth-order valence-corrected chi connectivity index (χ4v) is 2.85. The summed E-state index contributed by atoms with van der Waals surface area (Å²) in [6.07, 6.45) is 3.69. The molecule has 0 aliphatic rings. The number of benzene rings is 2. The monoisotopic (exact) mass is 401 g/mol. The maximum absolute atomic E-state index is 12.6. The Morgan fingerprint density at radius 1 is 1.14 bits per heavy atom. The van der Waals surface area contributed by atoms with Crippen LogP contribution in [0.15, 0.2) is 60.9 Å². The number of nitrogens with zero attached hydrogens (tertiary/aromatic N) is 3. The molecule has 0 aliphatic carbocycles. The molecule has 0 radical (unpaired) electrons. The van der Waals surface area contributed by atoms with E-state index in [-0.39, 0.29) is 23.8 Å². The molecule has 1 amide bonds. The molecule has 0 saturated carbocycles. The van der Waals surface area contributed by atoms with Gasteiger partial charge in [-0.3, -0.25) is 4.79 Å². The van der Waals surface area contributed by atoms with Gasteiger partial charge in [-0.15, -0.1) is 0 Å². The zero-order valence-corrected chi connectivity index (χ0v) is 16.1. The van der Waals surface area contributed by atoms with Crippen LogP contribution in [0.25, 0.3) is 5.69 Å². The van der Waals surface area contributed by atoms with Gasteiger partial charge < -0.3 is 14.4 Å². The van der Waals surface area contributed by atoms with E-state index in [1.54, 1.807) is 35.0 Å². The minimum atomic E-state index is -2.93. The Kier molecular flexibility index (Phi) is 6.43. The highest BCUT2D eigenvalue weighted by Gasteiger charge is 2.15. The number of alkyl halides is 2. The predicted octanol–water partition coefficient (Wildman–Crippen LogP) is 3.68. The molecule has 3 rings (SSSR count). The summed E-state index contributed by atoms with van der Waals surface area (Å²) in [5, 5.41) is 4.29. The van der Waals surface area contributed by atoms with Gasteiger partial charge in [0.2, 0.25) is 5.91 Å². The molecule has 0 N–H and O–H groups in total. The summed E-state index contributed by atoms with van der Waals surface area (Å²) in [5.41, 5.74) is 2.45. The van der Waals surface area contributed by atoms with Crippen molar-refractivity contribution in [2.75, 3.05) is 14.2 Å². The maximum Gasteiger partial charge on any atom is 0.387 e. The first kappa shape index (κ1) is 20.3. The summed E-state index contributed by atoms with van der Waals surface area (Å²) in [6.45, 7) is -2.63. The highest BCUT2D eigenvalue weighted by atomic mass is 19.3. The molecule has 0 atom stereocenters. The largest absolute Gasteiger partial charge is 0.493 e. The number of hydrogen-bond donors (Lipinski definition) is 0. The highest BCUT2D eigenvalue weighted by Crippen LogP contribution is 2.29. The van der Waals surface area contributed by atoms with Gasteiger partial charge in [0, 0.05) is 19.8 Å². The Labute approximate surface area is 167 Å². The Bertz CT molecular complexity index is 961. The third-order valence-electron chi connectivity index (χ3n) is 4.30. The van der Waals surface area contributed by atoms with Crippen molar-refractivity contribution in [2.24, 2.45) is 0 Å². The first-order valence-corrected chi connectivity index (χ1v) is 8.91. The number of methoxy groups -OCH3 is 1. The van der Waals surface area contributed by atoms with E-state index < -0.39 is 6.61 Å². The molecule has 1 aromatic heterocycles. The summed E-state index contributed by atoms with van der Waals surface area (Å²) in [6, 6.07) is 14.2. The molecular weight excluding hydrogens is 380 g/mol. The summed E-state index contributed by atoms with van der Waals surface area (Å²) in [5.74, 6) is 0.0471. The number of amides is 1. The minimum Gasteiger partial charge on any atom is -0.493 e. The standard InChI is InChI=1S/C21H21F2N3O3/c1-25(13-15-8-9-18(29-21(22)23)19(10-15)28-2)20(27)11-16-12-24-26(14-16)17-6-4-3-5-7-17/h3-10,12,14,21H,11,13H2,1-2H3. The highest BCUT2D eigenvalue weighted by molar-refractivity contribution is 5.78. The average Bonchev–Trinajstić information content (AvgIpc) is 3.17. The van der Waals surface area contributed by atoms with E-state index >= 15 is 0 Å². The Morgan fingerprint density at radius 2 is 1.90 bits per heavy atom. The molecule has 0 aliphatic heterocycles. The van der Waals surface area contributed by atoms with E-state index in [0.717, 1.165) is 16.8 Å². The lowest BCUT2D eigenvalue weighted by molar-refractivity contribution is -0.129. The fourth-order valence-electron chi connectivity index (χ4n) is 2.85. The number of aromatic nitrogens is 2. The quantitative estimate of drug-likeness (QED) is 0.578. The fraction of sp³-hybridized carbons (Fsp3) is 0.238. The number of ether oxygens (including phenoxy) is 2. The molecule has 2 aromatic carbocycles. The summed E-state index contributed by atoms with van der Waals surface area (Å²) < 4.78 is 36.1. The third kappa shape index (κ3) is 5.31. The number of para-hydroxylation sites is 1. The van der Waals surface area contributed by atoms with E-state index in [2.05, 4.69) is 9.84 Å². The number of carbonyl (C=O) groups is 1. The first-order chi connectivity index (χ1) is 14.0. The molecule has 152 valence electrons. The predicted molar refractivity (Wildman–Crippen MR) is 103 cm³/mol. The van der Waals surface area contributed by atoms with Crippen LogP contribution >= 0.6 is 0 Å². The van der Waals surface area contributed by atoms with Crippen molar-refractivity contribution < 1.29 is 23.0 Å². The zero-order valence-electron chi connectivity index (χ0n) is 16.1. The van der Waals surface area contributed by atoms with Crippen LogP contribution in [-0.4, -0.2) is 41.4 Å². The van der Waals surface area contributed by atoms with Crippen molar-refractivity contribution >= 4 is 5.91 Å². The van der Waals surface area contributed by atoms with Crippen molar-refractivity contribution in [3.8, 4) is 17.2 Å². The topological polar surface area (TPSA) is 56.6 Å². The molecule has 0 unspecified atom stereocenters. The number of rotatable bonds is 8. The normalized spacial score (nSPS) is 10.8. The van der Waals surface area contributed by atoms with Crippen LogP contribution in [0.1, 0.15) is 11.1 Å². The van der Waals surface area contributed by atoms with E-state index in [1.807, 2.05) is 36.5 Å². The third-order valence-corrected chi connectivity index (χ3v) is 4.30. The van der Waals surface area contributed by atoms with Crippen LogP contribution in [0.5, 0.6) is 11.5 Å². The Balaban J connectivity index is 1.63. The molecule has 1 heterocycles. The van der Waals surface area contributed by atoms with Crippen LogP contribution < -0.4 is 9.47 Å². The SMILES string of the molecule is COc1cc(CN(C)C(=O)Cc2cnn(-c3ccccc3)c2)ccc1OC(F)F. The molecule has 0 saturated heterocycles. The lowest BCUT2D eigenvalue weighted by Crippen LogP contribution is -2.27. The molecule has 0 fully saturated rings. The minimum absolute atomic E-state index is 0.0476. The molecule has 29 heavy (non-hydrogen) atoms. The number of hydrogen-bond acceptors (Lipinski definition) is 4. The van der Waals surface area contributed by atoms with Crippen molar-refractivity contribution in [1.82, 2.24) is 14.7 Å². The van der Waals surface area contributed by atoms with Crippen LogP contribution in [0.3, 0.4) is 0 Å². The Morgan fingerprint density at radius 3 is 2.59 bits per heavy atom. The summed E-state index contributed by atoms with van der Waals surface area (Å²) in [7, 11) is 3.05. The van der Waals surface area contributed by atoms with E-state index in [9.17, 15) is 13.6 Å². The van der Waals surface area contributed by atoms with E-state index in [0.29, 0.717) is 6.54 Å². The molecule has 8 heteroatoms. The van der Waals surface area contributed by atoms with Gasteiger partial charge in [0.15, 0.2) is 11.5 Å². The first-order valence-electron chi connectivity index (χ1n) is 8.91. The summed E-state index contributed by atoms with van der Waals surface area (Å²) >= 11 is 0. The average molecular weight is 401 g/mol. The van der Waals surface area contributed by atoms with Crippen LogP contribution in [-0.2, 0) is 17.8 Å². The van der Waals surface area contributed by atoms with Gasteiger partial charge in [0.05, 0.1) is 25.4 Å². The second-order valence-corrected chi connectivity index (χ2v) is 6.42. The summed E-state index contributed by atoms with van der Waals surface area (Å²) in [4.78, 5) is 14.1. The van der Waals surface area contributed by atoms with Gasteiger partial charge in [-0.1, -0.05) is 24.3 Å². The van der Waals surface area contributed by atoms with Crippen molar-refractivity contribution in [3.05, 3.63) is 72.1 Å². The molecule has 3 aromatic rings. The van der Waals surface area contributed by atoms with Gasteiger partial charge in [-0.05, 0) is 35.4 Å². The van der Waals surface area contributed by atoms with Crippen molar-refractivity contribution in [3.63, 3.8) is 0 Å². The van der Waals surface area contributed by atoms with Gasteiger partial charge in [0.25, 0.3) is 0 Å². The van der Waals surface area contributed by atoms with E-state index in [4.69, 9.17) is 4.74 Å². The van der Waals surface area contributed by atoms with Crippen LogP contribution in [0, 0.1) is 0 Å². The van der Waals surface area contributed by atoms with Crippen molar-refractivity contribution in [1.29, 1.82) is 0 Å². The van der Waals surface area contributed by atoms with Crippen LogP contribution in [0.2, 0.25) is 0 Å². The molecule has 0 spiro atoms. The van der Waals surface area contributed by atoms with Crippen LogP contribution in [0.4, 0.5) is 8.78 Å². The van der Waals surface area contributed by atoms with Gasteiger partial charge >= 0.3 is 6.61 Å². The smallest absolute Gasteiger partial charge is 0.387 e. The number of carbonyl (C=O) groups excluding carboxylic acids is 1. The molecule has 0 bridgehead atoms. The van der Waals surface area contributed by atoms with Gasteiger partial charge in [0.1, 0.15) is 0 Å². The van der Waals surface area contributed by atoms with Gasteiger partial charge in [-0.25, -0.2) is 4.68 Å². The van der Waals surface area contributed by atoms with E-state index in [1.165, 1.54) is 13.2 Å². The van der Waals surface area contributed by atoms with Gasteiger partial charge in [-0.2, -0.15) is 13.9 Å². The second-order valence-electron chi connectivity index (χ2n) is 6.42. The number of halogens is 2. The zero-order chi connectivity index (χ0) is 20.8. The van der Waals surface area contributed by atoms with Crippen molar-refractivity contribution in [2.45, 2.75) is 19.6 Å². The molecular formula is C21H21F2N3O3. The lowest BCUT2D eigenvalue weighted by Gasteiger charge is -2.18. The molecule has 6 nitrogen and oxygen atoms in total.